The molecule has 6 atom stereocenters. The molecular formula is C16H18O5. The molecule has 5 nitrogen and oxygen atoms in total. The summed E-state index contributed by atoms with van der Waals surface area (Å²) in [6.45, 7) is 4.46. The maximum atomic E-state index is 12.5. The molecule has 2 aliphatic carbocycles. The molecule has 3 aliphatic heterocycles. The Hall–Kier alpha value is -1.36. The largest absolute Gasteiger partial charge is 0.459 e. The van der Waals surface area contributed by atoms with Gasteiger partial charge in [-0.15, -0.1) is 0 Å². The molecule has 0 radical (unpaired) electrons. The Bertz CT molecular complexity index is 624. The average Bonchev–Trinajstić information content (AvgIpc) is 3.08. The third-order valence-corrected chi connectivity index (χ3v) is 6.60. The number of hydrogen-bond donors (Lipinski definition) is 0. The molecule has 1 spiro atoms. The number of cyclic esters (lactones) is 1. The van der Waals surface area contributed by atoms with Crippen molar-refractivity contribution in [3.63, 3.8) is 0 Å². The van der Waals surface area contributed by atoms with Crippen LogP contribution in [0.15, 0.2) is 11.6 Å². The van der Waals surface area contributed by atoms with Crippen molar-refractivity contribution in [2.75, 3.05) is 6.61 Å². The Morgan fingerprint density at radius 2 is 1.95 bits per heavy atom. The molecule has 2 saturated heterocycles. The van der Waals surface area contributed by atoms with E-state index in [1.165, 1.54) is 0 Å². The van der Waals surface area contributed by atoms with Crippen molar-refractivity contribution in [2.45, 2.75) is 50.9 Å². The zero-order valence-electron chi connectivity index (χ0n) is 12.2. The molecule has 5 heteroatoms. The average molecular weight is 290 g/mol. The van der Waals surface area contributed by atoms with Gasteiger partial charge in [0.05, 0.1) is 5.41 Å². The van der Waals surface area contributed by atoms with E-state index >= 15 is 0 Å². The van der Waals surface area contributed by atoms with Crippen molar-refractivity contribution in [3.8, 4) is 0 Å². The zero-order valence-corrected chi connectivity index (χ0v) is 12.2. The van der Waals surface area contributed by atoms with E-state index in [0.29, 0.717) is 0 Å². The van der Waals surface area contributed by atoms with Crippen molar-refractivity contribution >= 4 is 11.9 Å². The molecule has 0 aromatic carbocycles. The summed E-state index contributed by atoms with van der Waals surface area (Å²) in [5.41, 5.74) is -0.136. The van der Waals surface area contributed by atoms with E-state index in [1.54, 1.807) is 6.08 Å². The van der Waals surface area contributed by atoms with Crippen LogP contribution in [-0.2, 0) is 23.8 Å². The standard InChI is InChI=1S/C16H18O5/c1-14-4-3-5-15(2)11(14)10(20-13(15)18)12-16(21-12)7-19-9(17)6-8(14)16/h6,10-12H,3-5,7H2,1-2H3/t10?,11?,12-,14-,15+,16+/m1/s1. The summed E-state index contributed by atoms with van der Waals surface area (Å²) in [5, 5.41) is 0. The van der Waals surface area contributed by atoms with Gasteiger partial charge in [-0.1, -0.05) is 13.3 Å². The van der Waals surface area contributed by atoms with Crippen LogP contribution in [0.3, 0.4) is 0 Å². The van der Waals surface area contributed by atoms with Crippen molar-refractivity contribution in [1.82, 2.24) is 0 Å². The van der Waals surface area contributed by atoms with Gasteiger partial charge < -0.3 is 14.2 Å². The van der Waals surface area contributed by atoms with Crippen LogP contribution in [0.25, 0.3) is 0 Å². The summed E-state index contributed by atoms with van der Waals surface area (Å²) in [5.74, 6) is -0.285. The van der Waals surface area contributed by atoms with Gasteiger partial charge in [0.1, 0.15) is 18.8 Å². The minimum absolute atomic E-state index is 0.0967. The molecule has 2 saturated carbocycles. The minimum Gasteiger partial charge on any atom is -0.459 e. The maximum Gasteiger partial charge on any atom is 0.330 e. The molecule has 4 fully saturated rings. The van der Waals surface area contributed by atoms with Crippen molar-refractivity contribution in [3.05, 3.63) is 11.6 Å². The number of carbonyl (C=O) groups is 2. The Kier molecular flexibility index (Phi) is 1.85. The number of epoxide rings is 1. The van der Waals surface area contributed by atoms with Crippen molar-refractivity contribution in [2.24, 2.45) is 16.7 Å². The van der Waals surface area contributed by atoms with Crippen molar-refractivity contribution in [1.29, 1.82) is 0 Å². The van der Waals surface area contributed by atoms with Gasteiger partial charge in [-0.25, -0.2) is 4.79 Å². The Balaban J connectivity index is 1.74. The van der Waals surface area contributed by atoms with E-state index in [2.05, 4.69) is 6.92 Å². The summed E-state index contributed by atoms with van der Waals surface area (Å²) >= 11 is 0. The highest BCUT2D eigenvalue weighted by Crippen LogP contribution is 2.71. The Morgan fingerprint density at radius 1 is 1.19 bits per heavy atom. The fraction of sp³-hybridized carbons (Fsp3) is 0.750. The van der Waals surface area contributed by atoms with Crippen LogP contribution in [0.2, 0.25) is 0 Å². The summed E-state index contributed by atoms with van der Waals surface area (Å²) in [6, 6.07) is 0. The number of hydrogen-bond acceptors (Lipinski definition) is 5. The number of ether oxygens (including phenoxy) is 3. The molecule has 5 aliphatic rings. The Morgan fingerprint density at radius 3 is 2.76 bits per heavy atom. The molecule has 0 aromatic rings. The zero-order chi connectivity index (χ0) is 14.6. The van der Waals surface area contributed by atoms with Crippen LogP contribution in [0.5, 0.6) is 0 Å². The lowest BCUT2D eigenvalue weighted by molar-refractivity contribution is -0.149. The van der Waals surface area contributed by atoms with Gasteiger partial charge in [-0.05, 0) is 30.8 Å². The van der Waals surface area contributed by atoms with Crippen LogP contribution in [0.4, 0.5) is 0 Å². The van der Waals surface area contributed by atoms with Gasteiger partial charge in [0, 0.05) is 12.0 Å². The second kappa shape index (κ2) is 3.19. The highest BCUT2D eigenvalue weighted by atomic mass is 16.7. The molecule has 0 bridgehead atoms. The maximum absolute atomic E-state index is 12.5. The van der Waals surface area contributed by atoms with Crippen LogP contribution in [0, 0.1) is 16.7 Å². The van der Waals surface area contributed by atoms with Crippen LogP contribution < -0.4 is 0 Å². The first kappa shape index (κ1) is 12.2. The van der Waals surface area contributed by atoms with Gasteiger partial charge in [0.15, 0.2) is 5.60 Å². The lowest BCUT2D eigenvalue weighted by Gasteiger charge is -2.52. The van der Waals surface area contributed by atoms with E-state index in [0.717, 1.165) is 24.8 Å². The van der Waals surface area contributed by atoms with Gasteiger partial charge >= 0.3 is 11.9 Å². The first-order valence-electron chi connectivity index (χ1n) is 7.70. The lowest BCUT2D eigenvalue weighted by Crippen LogP contribution is -2.57. The lowest BCUT2D eigenvalue weighted by atomic mass is 9.48. The second-order valence-electron chi connectivity index (χ2n) is 7.63. The van der Waals surface area contributed by atoms with Crippen LogP contribution in [-0.4, -0.2) is 36.4 Å². The number of esters is 2. The third-order valence-electron chi connectivity index (χ3n) is 6.60. The molecule has 2 unspecified atom stereocenters. The van der Waals surface area contributed by atoms with E-state index in [4.69, 9.17) is 14.2 Å². The summed E-state index contributed by atoms with van der Waals surface area (Å²) in [4.78, 5) is 24.2. The highest BCUT2D eigenvalue weighted by molar-refractivity contribution is 5.86. The second-order valence-corrected chi connectivity index (χ2v) is 7.63. The molecule has 0 aromatic heterocycles. The molecule has 3 heterocycles. The first-order chi connectivity index (χ1) is 9.92. The predicted octanol–water partition coefficient (Wildman–Crippen LogP) is 1.36. The van der Waals surface area contributed by atoms with Crippen molar-refractivity contribution < 1.29 is 23.8 Å². The quantitative estimate of drug-likeness (QED) is 0.498. The van der Waals surface area contributed by atoms with Crippen LogP contribution >= 0.6 is 0 Å². The van der Waals surface area contributed by atoms with Gasteiger partial charge in [-0.2, -0.15) is 0 Å². The van der Waals surface area contributed by atoms with Crippen LogP contribution in [0.1, 0.15) is 33.1 Å². The monoisotopic (exact) mass is 290 g/mol. The fourth-order valence-electron chi connectivity index (χ4n) is 5.70. The normalized spacial score (nSPS) is 56.5. The molecule has 0 N–H and O–H groups in total. The predicted molar refractivity (Wildman–Crippen MR) is 70.1 cm³/mol. The topological polar surface area (TPSA) is 65.1 Å². The number of rotatable bonds is 0. The number of fused-ring (bicyclic) bond motifs is 2. The molecule has 5 rings (SSSR count). The van der Waals surface area contributed by atoms with E-state index in [1.807, 2.05) is 6.92 Å². The summed E-state index contributed by atoms with van der Waals surface area (Å²) in [6.07, 6.45) is 4.09. The first-order valence-corrected chi connectivity index (χ1v) is 7.70. The van der Waals surface area contributed by atoms with Gasteiger partial charge in [0.2, 0.25) is 0 Å². The van der Waals surface area contributed by atoms with E-state index < -0.39 is 11.0 Å². The molecule has 112 valence electrons. The summed E-state index contributed by atoms with van der Waals surface area (Å²) < 4.78 is 16.9. The Labute approximate surface area is 122 Å². The fourth-order valence-corrected chi connectivity index (χ4v) is 5.70. The van der Waals surface area contributed by atoms with E-state index in [-0.39, 0.29) is 42.1 Å². The highest BCUT2D eigenvalue weighted by Gasteiger charge is 2.80. The van der Waals surface area contributed by atoms with Gasteiger partial charge in [0.25, 0.3) is 0 Å². The van der Waals surface area contributed by atoms with Gasteiger partial charge in [-0.3, -0.25) is 4.79 Å². The third kappa shape index (κ3) is 1.13. The summed E-state index contributed by atoms with van der Waals surface area (Å²) in [7, 11) is 0. The molecular weight excluding hydrogens is 272 g/mol. The molecule has 21 heavy (non-hydrogen) atoms. The SMILES string of the molecule is C[C@@]12CCC[C@]3(C)C4=CC(=O)OC[C@]45O[C@@H]5C(OC1=O)C23. The van der Waals surface area contributed by atoms with E-state index in [9.17, 15) is 9.59 Å². The smallest absolute Gasteiger partial charge is 0.330 e. The molecule has 0 amide bonds. The minimum atomic E-state index is -0.521. The number of carbonyl (C=O) groups excluding carboxylic acids is 2.